The molecule has 3 amide bonds. The van der Waals surface area contributed by atoms with E-state index in [1.807, 2.05) is 35.2 Å². The number of carbonyl (C=O) groups is 2. The van der Waals surface area contributed by atoms with Crippen molar-refractivity contribution in [1.29, 1.82) is 0 Å². The molecule has 0 aliphatic carbocycles. The van der Waals surface area contributed by atoms with Gasteiger partial charge in [0.05, 0.1) is 13.2 Å². The van der Waals surface area contributed by atoms with Gasteiger partial charge < -0.3 is 14.9 Å². The molecule has 1 spiro atoms. The van der Waals surface area contributed by atoms with Crippen molar-refractivity contribution in [3.63, 3.8) is 0 Å². The predicted molar refractivity (Wildman–Crippen MR) is 102 cm³/mol. The van der Waals surface area contributed by atoms with Gasteiger partial charge in [-0.3, -0.25) is 9.69 Å². The summed E-state index contributed by atoms with van der Waals surface area (Å²) < 4.78 is 0. The predicted octanol–water partition coefficient (Wildman–Crippen LogP) is 1.27. The monoisotopic (exact) mass is 381 g/mol. The number of hydrogen-bond donors (Lipinski definition) is 1. The molecule has 28 heavy (non-hydrogen) atoms. The Morgan fingerprint density at radius 3 is 2.32 bits per heavy atom. The first kappa shape index (κ1) is 18.4. The van der Waals surface area contributed by atoms with Gasteiger partial charge in [0.2, 0.25) is 5.95 Å². The van der Waals surface area contributed by atoms with Crippen LogP contribution in [0.4, 0.5) is 10.7 Å². The number of aliphatic hydroxyl groups is 1. The highest BCUT2D eigenvalue weighted by Crippen LogP contribution is 2.38. The molecule has 0 radical (unpaired) electrons. The smallest absolute Gasteiger partial charge is 0.328 e. The number of piperidine rings is 1. The molecule has 2 aliphatic rings. The molecular weight excluding hydrogens is 358 g/mol. The third-order valence-electron chi connectivity index (χ3n) is 5.55. The fourth-order valence-corrected chi connectivity index (χ4v) is 4.08. The van der Waals surface area contributed by atoms with Crippen LogP contribution in [-0.2, 0) is 11.3 Å². The standard InChI is InChI=1S/C20H23N5O3/c26-14-13-24-17(27)20(25(19(24)28)15-16-5-2-1-3-6-16)7-11-23(12-8-20)18-21-9-4-10-22-18/h1-6,9-10,26H,7-8,11-15H2. The van der Waals surface area contributed by atoms with Crippen molar-refractivity contribution in [2.24, 2.45) is 0 Å². The molecular formula is C20H23N5O3. The van der Waals surface area contributed by atoms with Crippen LogP contribution < -0.4 is 4.90 Å². The molecule has 0 unspecified atom stereocenters. The lowest BCUT2D eigenvalue weighted by Gasteiger charge is -2.42. The molecule has 2 fully saturated rings. The Bertz CT molecular complexity index is 837. The van der Waals surface area contributed by atoms with Crippen LogP contribution in [0.15, 0.2) is 48.8 Å². The fourth-order valence-electron chi connectivity index (χ4n) is 4.08. The van der Waals surface area contributed by atoms with Crippen LogP contribution >= 0.6 is 0 Å². The normalized spacial score (nSPS) is 19.0. The Morgan fingerprint density at radius 1 is 1.00 bits per heavy atom. The van der Waals surface area contributed by atoms with Crippen molar-refractivity contribution >= 4 is 17.9 Å². The van der Waals surface area contributed by atoms with Gasteiger partial charge in [-0.25, -0.2) is 14.8 Å². The van der Waals surface area contributed by atoms with Gasteiger partial charge in [0.25, 0.3) is 5.91 Å². The molecule has 2 aromatic rings. The number of aromatic nitrogens is 2. The Hall–Kier alpha value is -3.00. The molecule has 1 aromatic carbocycles. The van der Waals surface area contributed by atoms with E-state index in [2.05, 4.69) is 9.97 Å². The zero-order valence-corrected chi connectivity index (χ0v) is 15.6. The summed E-state index contributed by atoms with van der Waals surface area (Å²) in [4.78, 5) is 39.7. The average Bonchev–Trinajstić information content (AvgIpc) is 2.93. The van der Waals surface area contributed by atoms with E-state index in [1.165, 1.54) is 4.90 Å². The van der Waals surface area contributed by atoms with Gasteiger partial charge in [0.15, 0.2) is 0 Å². The van der Waals surface area contributed by atoms with Gasteiger partial charge in [-0.15, -0.1) is 0 Å². The first-order chi connectivity index (χ1) is 13.7. The fraction of sp³-hybridized carbons (Fsp3) is 0.400. The molecule has 0 atom stereocenters. The van der Waals surface area contributed by atoms with E-state index in [1.54, 1.807) is 23.4 Å². The summed E-state index contributed by atoms with van der Waals surface area (Å²) in [5.41, 5.74) is 0.0931. The minimum atomic E-state index is -0.882. The molecule has 2 saturated heterocycles. The van der Waals surface area contributed by atoms with E-state index < -0.39 is 5.54 Å². The lowest BCUT2D eigenvalue weighted by molar-refractivity contribution is -0.134. The van der Waals surface area contributed by atoms with Crippen LogP contribution in [0.5, 0.6) is 0 Å². The van der Waals surface area contributed by atoms with Crippen molar-refractivity contribution in [2.75, 3.05) is 31.1 Å². The van der Waals surface area contributed by atoms with Crippen molar-refractivity contribution in [3.8, 4) is 0 Å². The third kappa shape index (κ3) is 3.09. The summed E-state index contributed by atoms with van der Waals surface area (Å²) in [6.45, 7) is 1.32. The van der Waals surface area contributed by atoms with Crippen molar-refractivity contribution in [1.82, 2.24) is 19.8 Å². The molecule has 2 aliphatic heterocycles. The molecule has 4 rings (SSSR count). The molecule has 8 heteroatoms. The number of carbonyl (C=O) groups excluding carboxylic acids is 2. The summed E-state index contributed by atoms with van der Waals surface area (Å²) in [7, 11) is 0. The average molecular weight is 381 g/mol. The van der Waals surface area contributed by atoms with Crippen molar-refractivity contribution in [2.45, 2.75) is 24.9 Å². The first-order valence-electron chi connectivity index (χ1n) is 9.46. The first-order valence-corrected chi connectivity index (χ1v) is 9.46. The molecule has 1 N–H and O–H groups in total. The van der Waals surface area contributed by atoms with E-state index >= 15 is 0 Å². The number of imide groups is 1. The van der Waals surface area contributed by atoms with Gasteiger partial charge in [-0.1, -0.05) is 30.3 Å². The summed E-state index contributed by atoms with van der Waals surface area (Å²) in [6.07, 6.45) is 4.40. The van der Waals surface area contributed by atoms with E-state index in [-0.39, 0.29) is 25.1 Å². The Kier molecular flexibility index (Phi) is 4.95. The number of urea groups is 1. The maximum atomic E-state index is 13.2. The second kappa shape index (κ2) is 7.55. The number of anilines is 1. The van der Waals surface area contributed by atoms with E-state index in [4.69, 9.17) is 0 Å². The second-order valence-corrected chi connectivity index (χ2v) is 7.10. The molecule has 0 saturated carbocycles. The van der Waals surface area contributed by atoms with Crippen LogP contribution in [0.1, 0.15) is 18.4 Å². The topological polar surface area (TPSA) is 89.9 Å². The van der Waals surface area contributed by atoms with Gasteiger partial charge in [0.1, 0.15) is 5.54 Å². The Balaban J connectivity index is 1.60. The van der Waals surface area contributed by atoms with Crippen LogP contribution in [0, 0.1) is 0 Å². The van der Waals surface area contributed by atoms with Gasteiger partial charge in [-0.05, 0) is 24.5 Å². The number of amides is 3. The van der Waals surface area contributed by atoms with Crippen LogP contribution in [0.2, 0.25) is 0 Å². The number of benzene rings is 1. The number of hydrogen-bond acceptors (Lipinski definition) is 6. The second-order valence-electron chi connectivity index (χ2n) is 7.10. The largest absolute Gasteiger partial charge is 0.395 e. The Labute approximate surface area is 163 Å². The number of aliphatic hydroxyl groups excluding tert-OH is 1. The summed E-state index contributed by atoms with van der Waals surface area (Å²) >= 11 is 0. The lowest BCUT2D eigenvalue weighted by atomic mass is 9.85. The highest BCUT2D eigenvalue weighted by atomic mass is 16.3. The summed E-state index contributed by atoms with van der Waals surface area (Å²) in [5.74, 6) is 0.423. The number of nitrogens with zero attached hydrogens (tertiary/aromatic N) is 5. The maximum Gasteiger partial charge on any atom is 0.328 e. The molecule has 0 bridgehead atoms. The van der Waals surface area contributed by atoms with Crippen molar-refractivity contribution in [3.05, 3.63) is 54.4 Å². The van der Waals surface area contributed by atoms with E-state index in [0.717, 1.165) is 5.56 Å². The number of rotatable bonds is 5. The minimum absolute atomic E-state index is 0.0240. The molecule has 1 aromatic heterocycles. The van der Waals surface area contributed by atoms with Crippen molar-refractivity contribution < 1.29 is 14.7 Å². The van der Waals surface area contributed by atoms with E-state index in [0.29, 0.717) is 38.4 Å². The van der Waals surface area contributed by atoms with Crippen LogP contribution in [0.25, 0.3) is 0 Å². The SMILES string of the molecule is O=C1N(CCO)C(=O)C2(CCN(c3ncccn3)CC2)N1Cc1ccccc1. The van der Waals surface area contributed by atoms with Gasteiger partial charge in [-0.2, -0.15) is 0 Å². The highest BCUT2D eigenvalue weighted by molar-refractivity contribution is 6.07. The molecule has 3 heterocycles. The lowest BCUT2D eigenvalue weighted by Crippen LogP contribution is -2.56. The van der Waals surface area contributed by atoms with Crippen LogP contribution in [0.3, 0.4) is 0 Å². The summed E-state index contributed by atoms with van der Waals surface area (Å²) in [5, 5.41) is 9.33. The highest BCUT2D eigenvalue weighted by Gasteiger charge is 2.57. The molecule has 8 nitrogen and oxygen atoms in total. The van der Waals surface area contributed by atoms with Gasteiger partial charge >= 0.3 is 6.03 Å². The van der Waals surface area contributed by atoms with Gasteiger partial charge in [0, 0.05) is 32.0 Å². The Morgan fingerprint density at radius 2 is 1.68 bits per heavy atom. The maximum absolute atomic E-state index is 13.2. The summed E-state index contributed by atoms with van der Waals surface area (Å²) in [6, 6.07) is 11.1. The zero-order valence-electron chi connectivity index (χ0n) is 15.6. The number of β-amino-alcohol motifs (C(OH)–C–C–N with tert-alkyl or cyclic N) is 1. The van der Waals surface area contributed by atoms with Crippen LogP contribution in [-0.4, -0.2) is 68.6 Å². The molecule has 146 valence electrons. The zero-order chi connectivity index (χ0) is 19.6. The van der Waals surface area contributed by atoms with E-state index in [9.17, 15) is 14.7 Å². The minimum Gasteiger partial charge on any atom is -0.395 e. The third-order valence-corrected chi connectivity index (χ3v) is 5.55. The quantitative estimate of drug-likeness (QED) is 0.785.